The van der Waals surface area contributed by atoms with Gasteiger partial charge in [0.05, 0.1) is 12.6 Å². The largest absolute Gasteiger partial charge is 0.380 e. The Balaban J connectivity index is 2.85. The van der Waals surface area contributed by atoms with Crippen LogP contribution in [0, 0.1) is 0 Å². The lowest BCUT2D eigenvalue weighted by atomic mass is 10.1. The zero-order chi connectivity index (χ0) is 11.3. The van der Waals surface area contributed by atoms with Crippen LogP contribution >= 0.6 is 31.9 Å². The van der Waals surface area contributed by atoms with Crippen LogP contribution in [0.5, 0.6) is 0 Å². The molecule has 1 aromatic rings. The quantitative estimate of drug-likeness (QED) is 0.888. The molecule has 0 spiro atoms. The van der Waals surface area contributed by atoms with Gasteiger partial charge in [-0.2, -0.15) is 0 Å². The van der Waals surface area contributed by atoms with Crippen molar-refractivity contribution >= 4 is 31.9 Å². The highest BCUT2D eigenvalue weighted by atomic mass is 79.9. The fourth-order valence-electron chi connectivity index (χ4n) is 1.35. The predicted octanol–water partition coefficient (Wildman–Crippen LogP) is 3.51. The summed E-state index contributed by atoms with van der Waals surface area (Å²) in [7, 11) is 1.94. The first kappa shape index (κ1) is 13.2. The Kier molecular flexibility index (Phi) is 5.82. The standard InChI is InChI=1S/C11H15Br2NO/c1-3-15-7-11(14-2)9-6-8(12)4-5-10(9)13/h4-6,11,14H,3,7H2,1-2H3. The minimum Gasteiger partial charge on any atom is -0.380 e. The zero-order valence-electron chi connectivity index (χ0n) is 8.89. The van der Waals surface area contributed by atoms with Crippen molar-refractivity contribution in [3.63, 3.8) is 0 Å². The molecule has 0 saturated heterocycles. The summed E-state index contributed by atoms with van der Waals surface area (Å²) in [4.78, 5) is 0. The molecule has 0 aromatic heterocycles. The van der Waals surface area contributed by atoms with Crippen LogP contribution in [0.1, 0.15) is 18.5 Å². The van der Waals surface area contributed by atoms with E-state index in [2.05, 4.69) is 43.2 Å². The molecule has 0 saturated carbocycles. The van der Waals surface area contributed by atoms with E-state index in [0.717, 1.165) is 15.6 Å². The van der Waals surface area contributed by atoms with Gasteiger partial charge in [0.25, 0.3) is 0 Å². The maximum Gasteiger partial charge on any atom is 0.0661 e. The number of rotatable bonds is 5. The molecule has 0 aliphatic rings. The van der Waals surface area contributed by atoms with E-state index in [4.69, 9.17) is 4.74 Å². The van der Waals surface area contributed by atoms with E-state index in [-0.39, 0.29) is 6.04 Å². The molecule has 0 aliphatic carbocycles. The maximum absolute atomic E-state index is 5.44. The van der Waals surface area contributed by atoms with Crippen LogP contribution in [0.15, 0.2) is 27.1 Å². The van der Waals surface area contributed by atoms with Crippen molar-refractivity contribution in [2.45, 2.75) is 13.0 Å². The molecule has 1 unspecified atom stereocenters. The lowest BCUT2D eigenvalue weighted by Gasteiger charge is -2.18. The van der Waals surface area contributed by atoms with E-state index in [1.54, 1.807) is 0 Å². The molecular weight excluding hydrogens is 322 g/mol. The lowest BCUT2D eigenvalue weighted by molar-refractivity contribution is 0.125. The van der Waals surface area contributed by atoms with Crippen molar-refractivity contribution in [3.8, 4) is 0 Å². The van der Waals surface area contributed by atoms with Gasteiger partial charge in [-0.25, -0.2) is 0 Å². The van der Waals surface area contributed by atoms with Gasteiger partial charge in [0, 0.05) is 15.6 Å². The molecule has 15 heavy (non-hydrogen) atoms. The van der Waals surface area contributed by atoms with E-state index in [0.29, 0.717) is 6.61 Å². The molecule has 1 atom stereocenters. The van der Waals surface area contributed by atoms with E-state index in [9.17, 15) is 0 Å². The second-order valence-corrected chi connectivity index (χ2v) is 4.94. The molecule has 0 heterocycles. The van der Waals surface area contributed by atoms with E-state index in [1.165, 1.54) is 5.56 Å². The van der Waals surface area contributed by atoms with Crippen molar-refractivity contribution in [2.24, 2.45) is 0 Å². The molecule has 1 aromatic carbocycles. The Morgan fingerprint density at radius 3 is 2.73 bits per heavy atom. The monoisotopic (exact) mass is 335 g/mol. The molecule has 1 N–H and O–H groups in total. The summed E-state index contributed by atoms with van der Waals surface area (Å²) < 4.78 is 7.62. The summed E-state index contributed by atoms with van der Waals surface area (Å²) in [6.07, 6.45) is 0. The topological polar surface area (TPSA) is 21.3 Å². The van der Waals surface area contributed by atoms with Crippen LogP contribution in [0.25, 0.3) is 0 Å². The molecule has 0 aliphatic heterocycles. The molecular formula is C11H15Br2NO. The first-order chi connectivity index (χ1) is 7.19. The molecule has 0 amide bonds. The second-order valence-electron chi connectivity index (χ2n) is 3.17. The average molecular weight is 337 g/mol. The third-order valence-electron chi connectivity index (χ3n) is 2.17. The van der Waals surface area contributed by atoms with Crippen LogP contribution in [0.4, 0.5) is 0 Å². The van der Waals surface area contributed by atoms with E-state index in [1.807, 2.05) is 26.1 Å². The normalized spacial score (nSPS) is 12.8. The third kappa shape index (κ3) is 3.87. The van der Waals surface area contributed by atoms with Crippen LogP contribution in [-0.2, 0) is 4.74 Å². The molecule has 0 radical (unpaired) electrons. The smallest absolute Gasteiger partial charge is 0.0661 e. The number of ether oxygens (including phenoxy) is 1. The van der Waals surface area contributed by atoms with Gasteiger partial charge in [0.2, 0.25) is 0 Å². The summed E-state index contributed by atoms with van der Waals surface area (Å²) >= 11 is 7.02. The third-order valence-corrected chi connectivity index (χ3v) is 3.39. The lowest BCUT2D eigenvalue weighted by Crippen LogP contribution is -2.22. The molecule has 0 bridgehead atoms. The number of halogens is 2. The molecule has 0 fully saturated rings. The molecule has 1 rings (SSSR count). The summed E-state index contributed by atoms with van der Waals surface area (Å²) in [5, 5.41) is 3.25. The Labute approximate surface area is 108 Å². The number of nitrogens with one attached hydrogen (secondary N) is 1. The van der Waals surface area contributed by atoms with Gasteiger partial charge in [-0.3, -0.25) is 0 Å². The van der Waals surface area contributed by atoms with Gasteiger partial charge < -0.3 is 10.1 Å². The van der Waals surface area contributed by atoms with Gasteiger partial charge >= 0.3 is 0 Å². The fraction of sp³-hybridized carbons (Fsp3) is 0.455. The average Bonchev–Trinajstić information content (AvgIpc) is 2.24. The van der Waals surface area contributed by atoms with Gasteiger partial charge in [0.15, 0.2) is 0 Å². The van der Waals surface area contributed by atoms with E-state index >= 15 is 0 Å². The SMILES string of the molecule is CCOCC(NC)c1cc(Br)ccc1Br. The highest BCUT2D eigenvalue weighted by molar-refractivity contribution is 9.11. The highest BCUT2D eigenvalue weighted by Gasteiger charge is 2.12. The van der Waals surface area contributed by atoms with Crippen LogP contribution in [-0.4, -0.2) is 20.3 Å². The summed E-state index contributed by atoms with van der Waals surface area (Å²) in [5.74, 6) is 0. The Bertz CT molecular complexity index is 317. The Morgan fingerprint density at radius 1 is 1.40 bits per heavy atom. The first-order valence-electron chi connectivity index (χ1n) is 4.89. The molecule has 84 valence electrons. The number of benzene rings is 1. The van der Waals surface area contributed by atoms with Crippen molar-refractivity contribution in [1.82, 2.24) is 5.32 Å². The maximum atomic E-state index is 5.44. The van der Waals surface area contributed by atoms with E-state index < -0.39 is 0 Å². The molecule has 2 nitrogen and oxygen atoms in total. The zero-order valence-corrected chi connectivity index (χ0v) is 12.1. The summed E-state index contributed by atoms with van der Waals surface area (Å²) in [5.41, 5.74) is 1.21. The number of hydrogen-bond donors (Lipinski definition) is 1. The number of likely N-dealkylation sites (N-methyl/N-ethyl adjacent to an activating group) is 1. The van der Waals surface area contributed by atoms with Crippen molar-refractivity contribution < 1.29 is 4.74 Å². The molecule has 4 heteroatoms. The van der Waals surface area contributed by atoms with Gasteiger partial charge in [0.1, 0.15) is 0 Å². The Hall–Kier alpha value is 0.1000. The minimum absolute atomic E-state index is 0.219. The fourth-order valence-corrected chi connectivity index (χ4v) is 2.25. The van der Waals surface area contributed by atoms with Crippen molar-refractivity contribution in [1.29, 1.82) is 0 Å². The van der Waals surface area contributed by atoms with Crippen LogP contribution in [0.3, 0.4) is 0 Å². The first-order valence-corrected chi connectivity index (χ1v) is 6.47. The van der Waals surface area contributed by atoms with Crippen LogP contribution in [0.2, 0.25) is 0 Å². The second kappa shape index (κ2) is 6.63. The van der Waals surface area contributed by atoms with Crippen LogP contribution < -0.4 is 5.32 Å². The van der Waals surface area contributed by atoms with Crippen molar-refractivity contribution in [3.05, 3.63) is 32.7 Å². The predicted molar refractivity (Wildman–Crippen MR) is 70.1 cm³/mol. The van der Waals surface area contributed by atoms with Crippen molar-refractivity contribution in [2.75, 3.05) is 20.3 Å². The highest BCUT2D eigenvalue weighted by Crippen LogP contribution is 2.27. The van der Waals surface area contributed by atoms with Gasteiger partial charge in [-0.15, -0.1) is 0 Å². The van der Waals surface area contributed by atoms with Gasteiger partial charge in [-0.05, 0) is 37.7 Å². The number of hydrogen-bond acceptors (Lipinski definition) is 2. The minimum atomic E-state index is 0.219. The summed E-state index contributed by atoms with van der Waals surface area (Å²) in [6.45, 7) is 3.43. The van der Waals surface area contributed by atoms with Gasteiger partial charge in [-0.1, -0.05) is 31.9 Å². The summed E-state index contributed by atoms with van der Waals surface area (Å²) in [6, 6.07) is 6.37. The Morgan fingerprint density at radius 2 is 2.13 bits per heavy atom.